The van der Waals surface area contributed by atoms with E-state index in [1.54, 1.807) is 6.07 Å². The largest absolute Gasteiger partial charge is 0.359 e. The summed E-state index contributed by atoms with van der Waals surface area (Å²) in [6.07, 6.45) is 2.93. The Bertz CT molecular complexity index is 1140. The number of fused-ring (bicyclic) bond motifs is 2. The fourth-order valence-electron chi connectivity index (χ4n) is 4.01. The molecule has 1 saturated carbocycles. The number of hydrogen-bond acceptors (Lipinski definition) is 4. The summed E-state index contributed by atoms with van der Waals surface area (Å²) >= 11 is 0. The fraction of sp³-hybridized carbons (Fsp3) is 0.292. The third-order valence-corrected chi connectivity index (χ3v) is 5.76. The molecule has 30 heavy (non-hydrogen) atoms. The van der Waals surface area contributed by atoms with Gasteiger partial charge >= 0.3 is 0 Å². The average Bonchev–Trinajstić information content (AvgIpc) is 3.47. The number of nitrogens with one attached hydrogen (secondary N) is 2. The van der Waals surface area contributed by atoms with Gasteiger partial charge in [-0.25, -0.2) is 4.98 Å². The van der Waals surface area contributed by atoms with Crippen LogP contribution in [0.5, 0.6) is 0 Å². The number of amides is 2. The van der Waals surface area contributed by atoms with Crippen LogP contribution in [-0.2, 0) is 11.2 Å². The van der Waals surface area contributed by atoms with Gasteiger partial charge in [0.05, 0.1) is 11.1 Å². The average molecular weight is 400 g/mol. The van der Waals surface area contributed by atoms with E-state index in [1.807, 2.05) is 54.3 Å². The van der Waals surface area contributed by atoms with Gasteiger partial charge in [-0.1, -0.05) is 36.4 Å². The maximum Gasteiger partial charge on any atom is 0.252 e. The number of nitrogens with zero attached hydrogens (tertiary/aromatic N) is 2. The van der Waals surface area contributed by atoms with Gasteiger partial charge in [0.1, 0.15) is 11.9 Å². The predicted octanol–water partition coefficient (Wildman–Crippen LogP) is 3.52. The van der Waals surface area contributed by atoms with E-state index in [0.717, 1.165) is 35.9 Å². The highest BCUT2D eigenvalue weighted by Crippen LogP contribution is 2.29. The summed E-state index contributed by atoms with van der Waals surface area (Å²) in [6.45, 7) is 2.52. The quantitative estimate of drug-likeness (QED) is 0.687. The first-order chi connectivity index (χ1) is 14.6. The zero-order chi connectivity index (χ0) is 20.7. The van der Waals surface area contributed by atoms with Crippen LogP contribution in [0, 0.1) is 0 Å². The van der Waals surface area contributed by atoms with Crippen molar-refractivity contribution in [3.63, 3.8) is 0 Å². The number of hydrogen-bond donors (Lipinski definition) is 2. The summed E-state index contributed by atoms with van der Waals surface area (Å²) in [5.41, 5.74) is 3.49. The standard InChI is InChI=1S/C24H24N4O2/c1-15(24(30)28-13-12-16-6-2-5-9-21(16)28)25-22-14-19(23(29)26-17-10-11-17)18-7-3-4-8-20(18)27-22/h2-9,14-15,17H,10-13H2,1H3,(H,25,27)(H,26,29). The Balaban J connectivity index is 1.41. The molecule has 1 atom stereocenters. The maximum absolute atomic E-state index is 13.1. The van der Waals surface area contributed by atoms with Crippen molar-refractivity contribution >= 4 is 34.2 Å². The van der Waals surface area contributed by atoms with Crippen LogP contribution < -0.4 is 15.5 Å². The second-order valence-corrected chi connectivity index (χ2v) is 8.05. The van der Waals surface area contributed by atoms with Gasteiger partial charge in [0, 0.05) is 23.7 Å². The molecule has 152 valence electrons. The Hall–Kier alpha value is -3.41. The molecule has 2 amide bonds. The molecule has 6 nitrogen and oxygen atoms in total. The molecule has 3 aromatic rings. The molecule has 1 aliphatic heterocycles. The molecule has 5 rings (SSSR count). The third-order valence-electron chi connectivity index (χ3n) is 5.76. The minimum Gasteiger partial charge on any atom is -0.359 e. The van der Waals surface area contributed by atoms with Gasteiger partial charge < -0.3 is 15.5 Å². The highest BCUT2D eigenvalue weighted by molar-refractivity contribution is 6.07. The van der Waals surface area contributed by atoms with Crippen molar-refractivity contribution in [1.29, 1.82) is 0 Å². The van der Waals surface area contributed by atoms with Gasteiger partial charge in [0.2, 0.25) is 5.91 Å². The van der Waals surface area contributed by atoms with Crippen molar-refractivity contribution < 1.29 is 9.59 Å². The molecule has 1 aliphatic carbocycles. The molecule has 0 saturated heterocycles. The molecule has 2 heterocycles. The van der Waals surface area contributed by atoms with Crippen molar-refractivity contribution in [1.82, 2.24) is 10.3 Å². The molecule has 0 spiro atoms. The number of pyridine rings is 1. The first-order valence-electron chi connectivity index (χ1n) is 10.5. The van der Waals surface area contributed by atoms with Crippen molar-refractivity contribution in [3.05, 3.63) is 65.7 Å². The molecule has 1 fully saturated rings. The van der Waals surface area contributed by atoms with Gasteiger partial charge in [-0.2, -0.15) is 0 Å². The summed E-state index contributed by atoms with van der Waals surface area (Å²) in [4.78, 5) is 32.4. The molecule has 2 aliphatic rings. The minimum atomic E-state index is -0.468. The maximum atomic E-state index is 13.1. The number of anilines is 2. The van der Waals surface area contributed by atoms with E-state index in [0.29, 0.717) is 17.9 Å². The van der Waals surface area contributed by atoms with Crippen LogP contribution >= 0.6 is 0 Å². The normalized spacial score (nSPS) is 16.2. The van der Waals surface area contributed by atoms with E-state index in [1.165, 1.54) is 5.56 Å². The van der Waals surface area contributed by atoms with Crippen molar-refractivity contribution in [2.24, 2.45) is 0 Å². The Labute approximate surface area is 175 Å². The Morgan fingerprint density at radius 3 is 2.70 bits per heavy atom. The van der Waals surface area contributed by atoms with E-state index in [4.69, 9.17) is 0 Å². The smallest absolute Gasteiger partial charge is 0.252 e. The first-order valence-corrected chi connectivity index (χ1v) is 10.5. The van der Waals surface area contributed by atoms with Crippen molar-refractivity contribution in [2.45, 2.75) is 38.3 Å². The van der Waals surface area contributed by atoms with Crippen LogP contribution in [0.3, 0.4) is 0 Å². The lowest BCUT2D eigenvalue weighted by atomic mass is 10.1. The second-order valence-electron chi connectivity index (χ2n) is 8.05. The number of carbonyl (C=O) groups is 2. The lowest BCUT2D eigenvalue weighted by molar-refractivity contribution is -0.118. The molecule has 0 bridgehead atoms. The van der Waals surface area contributed by atoms with E-state index in [-0.39, 0.29) is 17.9 Å². The van der Waals surface area contributed by atoms with Crippen LogP contribution in [0.2, 0.25) is 0 Å². The third kappa shape index (κ3) is 3.49. The van der Waals surface area contributed by atoms with Crippen LogP contribution in [0.4, 0.5) is 11.5 Å². The molecule has 2 N–H and O–H groups in total. The molecule has 0 radical (unpaired) electrons. The molecule has 1 unspecified atom stereocenters. The summed E-state index contributed by atoms with van der Waals surface area (Å²) < 4.78 is 0. The Kier molecular flexibility index (Phi) is 4.62. The Morgan fingerprint density at radius 2 is 1.87 bits per heavy atom. The molecule has 6 heteroatoms. The summed E-state index contributed by atoms with van der Waals surface area (Å²) in [5.74, 6) is 0.438. The summed E-state index contributed by atoms with van der Waals surface area (Å²) in [7, 11) is 0. The summed E-state index contributed by atoms with van der Waals surface area (Å²) in [6, 6.07) is 17.2. The lowest BCUT2D eigenvalue weighted by Crippen LogP contribution is -2.40. The van der Waals surface area contributed by atoms with E-state index in [2.05, 4.69) is 21.7 Å². The summed E-state index contributed by atoms with van der Waals surface area (Å²) in [5, 5.41) is 7.09. The van der Waals surface area contributed by atoms with Crippen molar-refractivity contribution in [2.75, 3.05) is 16.8 Å². The number of rotatable bonds is 5. The van der Waals surface area contributed by atoms with Crippen molar-refractivity contribution in [3.8, 4) is 0 Å². The van der Waals surface area contributed by atoms with Crippen LogP contribution in [0.1, 0.15) is 35.7 Å². The molecule has 1 aromatic heterocycles. The monoisotopic (exact) mass is 400 g/mol. The number of aromatic nitrogens is 1. The molecular weight excluding hydrogens is 376 g/mol. The Morgan fingerprint density at radius 1 is 1.10 bits per heavy atom. The van der Waals surface area contributed by atoms with Gasteiger partial charge in [0.15, 0.2) is 0 Å². The highest BCUT2D eigenvalue weighted by atomic mass is 16.2. The van der Waals surface area contributed by atoms with Gasteiger partial charge in [-0.3, -0.25) is 9.59 Å². The minimum absolute atomic E-state index is 0.00103. The first kappa shape index (κ1) is 18.6. The SMILES string of the molecule is CC(Nc1cc(C(=O)NC2CC2)c2ccccc2n1)C(=O)N1CCc2ccccc21. The van der Waals surface area contributed by atoms with Gasteiger partial charge in [0.25, 0.3) is 5.91 Å². The predicted molar refractivity (Wildman–Crippen MR) is 118 cm³/mol. The molecule has 2 aromatic carbocycles. The zero-order valence-electron chi connectivity index (χ0n) is 16.9. The second kappa shape index (κ2) is 7.44. The number of benzene rings is 2. The van der Waals surface area contributed by atoms with Gasteiger partial charge in [-0.15, -0.1) is 0 Å². The van der Waals surface area contributed by atoms with E-state index >= 15 is 0 Å². The zero-order valence-corrected chi connectivity index (χ0v) is 16.9. The van der Waals surface area contributed by atoms with E-state index < -0.39 is 6.04 Å². The number of para-hydroxylation sites is 2. The molecular formula is C24H24N4O2. The van der Waals surface area contributed by atoms with Crippen LogP contribution in [0.15, 0.2) is 54.6 Å². The topological polar surface area (TPSA) is 74.3 Å². The highest BCUT2D eigenvalue weighted by Gasteiger charge is 2.29. The van der Waals surface area contributed by atoms with Gasteiger partial charge in [-0.05, 0) is 49.9 Å². The fourth-order valence-corrected chi connectivity index (χ4v) is 4.01. The van der Waals surface area contributed by atoms with Crippen LogP contribution in [0.25, 0.3) is 10.9 Å². The van der Waals surface area contributed by atoms with E-state index in [9.17, 15) is 9.59 Å². The lowest BCUT2D eigenvalue weighted by Gasteiger charge is -2.23. The van der Waals surface area contributed by atoms with Crippen LogP contribution in [-0.4, -0.2) is 35.4 Å². The number of carbonyl (C=O) groups excluding carboxylic acids is 2.